The van der Waals surface area contributed by atoms with E-state index in [1.54, 1.807) is 18.2 Å². The van der Waals surface area contributed by atoms with E-state index in [4.69, 9.17) is 0 Å². The van der Waals surface area contributed by atoms with Crippen molar-refractivity contribution in [1.29, 1.82) is 0 Å². The van der Waals surface area contributed by atoms with Crippen LogP contribution in [0.2, 0.25) is 0 Å². The monoisotopic (exact) mass is 229 g/mol. The second-order valence-corrected chi connectivity index (χ2v) is 4.88. The fourth-order valence-corrected chi connectivity index (χ4v) is 2.96. The number of ketones is 1. The highest BCUT2D eigenvalue weighted by Crippen LogP contribution is 2.31. The van der Waals surface area contributed by atoms with Crippen LogP contribution >= 0.6 is 0 Å². The van der Waals surface area contributed by atoms with Crippen LogP contribution in [-0.2, 0) is 0 Å². The zero-order valence-electron chi connectivity index (χ0n) is 9.61. The first-order valence-corrected chi connectivity index (χ1v) is 6.21. The molecule has 1 fully saturated rings. The van der Waals surface area contributed by atoms with Crippen molar-refractivity contribution in [2.45, 2.75) is 31.7 Å². The van der Waals surface area contributed by atoms with Crippen LogP contribution in [0.15, 0.2) is 24.3 Å². The molecule has 17 heavy (non-hydrogen) atoms. The Hall–Kier alpha value is -1.64. The highest BCUT2D eigenvalue weighted by atomic mass is 16.2. The molecule has 2 atom stereocenters. The third-order valence-corrected chi connectivity index (χ3v) is 3.86. The molecule has 0 bridgehead atoms. The zero-order valence-corrected chi connectivity index (χ0v) is 9.61. The van der Waals surface area contributed by atoms with Crippen molar-refractivity contribution in [3.05, 3.63) is 35.4 Å². The Balaban J connectivity index is 2.08. The number of carbonyl (C=O) groups is 2. The van der Waals surface area contributed by atoms with Gasteiger partial charge in [0.2, 0.25) is 0 Å². The summed E-state index contributed by atoms with van der Waals surface area (Å²) in [6.07, 6.45) is 4.02. The molecule has 1 aliphatic carbocycles. The molecule has 0 saturated heterocycles. The first kappa shape index (κ1) is 10.5. The van der Waals surface area contributed by atoms with Gasteiger partial charge < -0.3 is 5.32 Å². The van der Waals surface area contributed by atoms with E-state index in [-0.39, 0.29) is 23.7 Å². The molecule has 0 unspecified atom stereocenters. The second kappa shape index (κ2) is 3.99. The first-order chi connectivity index (χ1) is 8.27. The minimum Gasteiger partial charge on any atom is -0.349 e. The molecule has 3 nitrogen and oxygen atoms in total. The van der Waals surface area contributed by atoms with E-state index in [0.717, 1.165) is 25.7 Å². The molecule has 1 aromatic carbocycles. The lowest BCUT2D eigenvalue weighted by molar-refractivity contribution is 0.0837. The van der Waals surface area contributed by atoms with Crippen LogP contribution in [0.25, 0.3) is 0 Å². The molecule has 1 N–H and O–H groups in total. The Morgan fingerprint density at radius 3 is 2.53 bits per heavy atom. The van der Waals surface area contributed by atoms with Crippen molar-refractivity contribution in [1.82, 2.24) is 5.32 Å². The van der Waals surface area contributed by atoms with E-state index in [1.807, 2.05) is 6.07 Å². The molecule has 1 amide bonds. The van der Waals surface area contributed by atoms with Crippen LogP contribution in [0.5, 0.6) is 0 Å². The summed E-state index contributed by atoms with van der Waals surface area (Å²) >= 11 is 0. The van der Waals surface area contributed by atoms with Crippen molar-refractivity contribution in [3.8, 4) is 0 Å². The Morgan fingerprint density at radius 2 is 1.71 bits per heavy atom. The lowest BCUT2D eigenvalue weighted by Gasteiger charge is -2.28. The maximum Gasteiger partial charge on any atom is 0.252 e. The topological polar surface area (TPSA) is 46.2 Å². The van der Waals surface area contributed by atoms with Gasteiger partial charge in [-0.15, -0.1) is 0 Å². The molecule has 3 rings (SSSR count). The first-order valence-electron chi connectivity index (χ1n) is 6.21. The molecular formula is C14H15NO2. The Bertz CT molecular complexity index is 481. The smallest absolute Gasteiger partial charge is 0.252 e. The number of hydrogen-bond acceptors (Lipinski definition) is 2. The van der Waals surface area contributed by atoms with Crippen LogP contribution in [0.3, 0.4) is 0 Å². The Labute approximate surface area is 100 Å². The molecule has 0 aromatic heterocycles. The standard InChI is InChI=1S/C14H15NO2/c16-13-9-5-1-2-6-10(9)14(17)15-12-8-4-3-7-11(12)13/h1-2,5-6,11-12H,3-4,7-8H2,(H,15,17)/t11-,12-/m1/s1. The maximum absolute atomic E-state index is 12.4. The summed E-state index contributed by atoms with van der Waals surface area (Å²) in [5.74, 6) is 0.0309. The van der Waals surface area contributed by atoms with Gasteiger partial charge in [0.25, 0.3) is 5.91 Å². The summed E-state index contributed by atoms with van der Waals surface area (Å²) in [4.78, 5) is 24.5. The van der Waals surface area contributed by atoms with Gasteiger partial charge in [0.05, 0.1) is 5.56 Å². The molecule has 3 heteroatoms. The average molecular weight is 229 g/mol. The lowest BCUT2D eigenvalue weighted by atomic mass is 9.80. The van der Waals surface area contributed by atoms with Crippen LogP contribution in [0, 0.1) is 5.92 Å². The number of benzene rings is 1. The fraction of sp³-hybridized carbons (Fsp3) is 0.429. The van der Waals surface area contributed by atoms with Gasteiger partial charge in [-0.1, -0.05) is 31.0 Å². The SMILES string of the molecule is O=C1N[C@@H]2CCCC[C@H]2C(=O)c2ccccc21. The number of fused-ring (bicyclic) bond motifs is 2. The van der Waals surface area contributed by atoms with E-state index in [1.165, 1.54) is 0 Å². The minimum atomic E-state index is -0.0941. The third-order valence-electron chi connectivity index (χ3n) is 3.86. The summed E-state index contributed by atoms with van der Waals surface area (Å²) in [5, 5.41) is 3.01. The summed E-state index contributed by atoms with van der Waals surface area (Å²) in [6, 6.07) is 7.18. The van der Waals surface area contributed by atoms with Gasteiger partial charge in [0.15, 0.2) is 5.78 Å². The van der Waals surface area contributed by atoms with E-state index < -0.39 is 0 Å². The van der Waals surface area contributed by atoms with E-state index in [0.29, 0.717) is 11.1 Å². The van der Waals surface area contributed by atoms with Crippen molar-refractivity contribution in [3.63, 3.8) is 0 Å². The zero-order chi connectivity index (χ0) is 11.8. The van der Waals surface area contributed by atoms with Crippen LogP contribution in [-0.4, -0.2) is 17.7 Å². The molecule has 2 aliphatic rings. The molecule has 1 heterocycles. The molecule has 1 aliphatic heterocycles. The Kier molecular flexibility index (Phi) is 2.46. The number of rotatable bonds is 0. The highest BCUT2D eigenvalue weighted by molar-refractivity contribution is 6.10. The second-order valence-electron chi connectivity index (χ2n) is 4.88. The van der Waals surface area contributed by atoms with E-state index in [9.17, 15) is 9.59 Å². The fourth-order valence-electron chi connectivity index (χ4n) is 2.96. The summed E-state index contributed by atoms with van der Waals surface area (Å²) in [7, 11) is 0. The number of Topliss-reactive ketones (excluding diaryl/α,β-unsaturated/α-hetero) is 1. The molecule has 1 aromatic rings. The number of nitrogens with one attached hydrogen (secondary N) is 1. The number of carbonyl (C=O) groups excluding carboxylic acids is 2. The third kappa shape index (κ3) is 1.66. The number of hydrogen-bond donors (Lipinski definition) is 1. The molecule has 0 radical (unpaired) electrons. The predicted molar refractivity (Wildman–Crippen MR) is 64.0 cm³/mol. The predicted octanol–water partition coefficient (Wildman–Crippen LogP) is 2.17. The Morgan fingerprint density at radius 1 is 1.00 bits per heavy atom. The summed E-state index contributed by atoms with van der Waals surface area (Å²) in [5.41, 5.74) is 1.13. The van der Waals surface area contributed by atoms with Gasteiger partial charge in [-0.2, -0.15) is 0 Å². The molecular weight excluding hydrogens is 214 g/mol. The normalized spacial score (nSPS) is 27.8. The van der Waals surface area contributed by atoms with Crippen molar-refractivity contribution in [2.24, 2.45) is 5.92 Å². The molecule has 88 valence electrons. The number of amides is 1. The van der Waals surface area contributed by atoms with Crippen molar-refractivity contribution >= 4 is 11.7 Å². The van der Waals surface area contributed by atoms with Gasteiger partial charge in [0.1, 0.15) is 0 Å². The van der Waals surface area contributed by atoms with Gasteiger partial charge in [-0.05, 0) is 18.9 Å². The van der Waals surface area contributed by atoms with Crippen molar-refractivity contribution in [2.75, 3.05) is 0 Å². The van der Waals surface area contributed by atoms with Crippen molar-refractivity contribution < 1.29 is 9.59 Å². The quantitative estimate of drug-likeness (QED) is 0.741. The van der Waals surface area contributed by atoms with Gasteiger partial charge in [-0.3, -0.25) is 9.59 Å². The van der Waals surface area contributed by atoms with Gasteiger partial charge in [-0.25, -0.2) is 0 Å². The van der Waals surface area contributed by atoms with Gasteiger partial charge >= 0.3 is 0 Å². The molecule has 0 spiro atoms. The maximum atomic E-state index is 12.4. The van der Waals surface area contributed by atoms with Crippen LogP contribution in [0.4, 0.5) is 0 Å². The van der Waals surface area contributed by atoms with Crippen LogP contribution < -0.4 is 5.32 Å². The molecule has 1 saturated carbocycles. The minimum absolute atomic E-state index is 0.0173. The van der Waals surface area contributed by atoms with E-state index in [2.05, 4.69) is 5.32 Å². The lowest BCUT2D eigenvalue weighted by Crippen LogP contribution is -2.42. The van der Waals surface area contributed by atoms with E-state index >= 15 is 0 Å². The average Bonchev–Trinajstić information content (AvgIpc) is 2.48. The summed E-state index contributed by atoms with van der Waals surface area (Å²) < 4.78 is 0. The highest BCUT2D eigenvalue weighted by Gasteiger charge is 2.37. The van der Waals surface area contributed by atoms with Crippen LogP contribution in [0.1, 0.15) is 46.4 Å². The summed E-state index contributed by atoms with van der Waals surface area (Å²) in [6.45, 7) is 0. The largest absolute Gasteiger partial charge is 0.349 e. The van der Waals surface area contributed by atoms with Gasteiger partial charge in [0, 0.05) is 17.5 Å².